The Bertz CT molecular complexity index is 835. The van der Waals surface area contributed by atoms with E-state index < -0.39 is 22.2 Å². The van der Waals surface area contributed by atoms with Gasteiger partial charge in [-0.05, 0) is 6.07 Å². The number of fused-ring (bicyclic) bond motifs is 1. The lowest BCUT2D eigenvalue weighted by Gasteiger charge is -2.00. The highest BCUT2D eigenvalue weighted by atomic mass is 32.1. The van der Waals surface area contributed by atoms with Crippen LogP contribution in [-0.2, 0) is 0 Å². The molecule has 8 heteroatoms. The van der Waals surface area contributed by atoms with E-state index in [1.165, 1.54) is 18.3 Å². The van der Waals surface area contributed by atoms with Crippen molar-refractivity contribution in [1.82, 2.24) is 9.97 Å². The topological polar surface area (TPSA) is 68.9 Å². The quantitative estimate of drug-likeness (QED) is 0.535. The Morgan fingerprint density at radius 3 is 2.70 bits per heavy atom. The van der Waals surface area contributed by atoms with Crippen LogP contribution in [0.25, 0.3) is 20.8 Å². The number of nitro benzene ring substituents is 1. The lowest BCUT2D eigenvalue weighted by molar-refractivity contribution is -0.384. The van der Waals surface area contributed by atoms with Crippen molar-refractivity contribution in [1.29, 1.82) is 0 Å². The highest BCUT2D eigenvalue weighted by Gasteiger charge is 2.23. The molecule has 0 radical (unpaired) electrons. The predicted molar refractivity (Wildman–Crippen MR) is 69.4 cm³/mol. The van der Waals surface area contributed by atoms with Gasteiger partial charge in [0.2, 0.25) is 0 Å². The third-order valence-electron chi connectivity index (χ3n) is 2.66. The molecule has 0 fully saturated rings. The third-order valence-corrected chi connectivity index (χ3v) is 3.67. The van der Waals surface area contributed by atoms with Crippen LogP contribution in [0.3, 0.4) is 0 Å². The summed E-state index contributed by atoms with van der Waals surface area (Å²) in [6.45, 7) is 0. The van der Waals surface area contributed by atoms with Crippen molar-refractivity contribution in [3.8, 4) is 10.6 Å². The molecule has 0 unspecified atom stereocenters. The number of thiazole rings is 1. The molecule has 0 aliphatic carbocycles. The van der Waals surface area contributed by atoms with Gasteiger partial charge in [-0.15, -0.1) is 11.3 Å². The maximum Gasteiger partial charge on any atom is 0.282 e. The van der Waals surface area contributed by atoms with E-state index in [1.54, 1.807) is 0 Å². The summed E-state index contributed by atoms with van der Waals surface area (Å²) in [5.41, 5.74) is -0.618. The van der Waals surface area contributed by atoms with Crippen LogP contribution in [0.2, 0.25) is 0 Å². The first-order chi connectivity index (χ1) is 9.58. The van der Waals surface area contributed by atoms with Crippen LogP contribution in [-0.4, -0.2) is 14.9 Å². The van der Waals surface area contributed by atoms with E-state index in [4.69, 9.17) is 0 Å². The number of nitro groups is 1. The van der Waals surface area contributed by atoms with Gasteiger partial charge >= 0.3 is 0 Å². The minimum absolute atomic E-state index is 0.0255. The van der Waals surface area contributed by atoms with Crippen molar-refractivity contribution >= 4 is 27.2 Å². The molecule has 100 valence electrons. The van der Waals surface area contributed by atoms with Gasteiger partial charge in [-0.2, -0.15) is 0 Å². The van der Waals surface area contributed by atoms with Gasteiger partial charge < -0.3 is 0 Å². The molecule has 2 heterocycles. The van der Waals surface area contributed by atoms with Gasteiger partial charge in [0.1, 0.15) is 21.9 Å². The molecular formula is C12H5F2N3O2S. The average molecular weight is 293 g/mol. The molecular weight excluding hydrogens is 288 g/mol. The Morgan fingerprint density at radius 2 is 2.00 bits per heavy atom. The summed E-state index contributed by atoms with van der Waals surface area (Å²) < 4.78 is 27.8. The predicted octanol–water partition coefficient (Wildman–Crippen LogP) is 3.54. The van der Waals surface area contributed by atoms with Crippen molar-refractivity contribution in [3.63, 3.8) is 0 Å². The molecule has 0 saturated heterocycles. The number of halogens is 2. The fraction of sp³-hybridized carbons (Fsp3) is 0. The molecule has 0 atom stereocenters. The van der Waals surface area contributed by atoms with E-state index in [0.717, 1.165) is 23.6 Å². The van der Waals surface area contributed by atoms with Gasteiger partial charge in [-0.1, -0.05) is 6.07 Å². The maximum atomic E-state index is 13.9. The fourth-order valence-electron chi connectivity index (χ4n) is 1.81. The number of aromatic nitrogens is 2. The minimum atomic E-state index is -0.772. The Morgan fingerprint density at radius 1 is 1.20 bits per heavy atom. The summed E-state index contributed by atoms with van der Waals surface area (Å²) in [5, 5.41) is 11.0. The molecule has 0 aliphatic rings. The first-order valence-electron chi connectivity index (χ1n) is 5.41. The largest absolute Gasteiger partial charge is 0.282 e. The van der Waals surface area contributed by atoms with Gasteiger partial charge in [0.05, 0.1) is 15.8 Å². The number of hydrogen-bond acceptors (Lipinski definition) is 5. The van der Waals surface area contributed by atoms with Crippen LogP contribution in [0.1, 0.15) is 0 Å². The van der Waals surface area contributed by atoms with Crippen molar-refractivity contribution in [2.75, 3.05) is 0 Å². The molecule has 2 aromatic heterocycles. The van der Waals surface area contributed by atoms with Crippen LogP contribution in [0.15, 0.2) is 30.6 Å². The molecule has 0 amide bonds. The summed E-state index contributed by atoms with van der Waals surface area (Å²) in [6, 6.07) is 3.52. The van der Waals surface area contributed by atoms with Crippen LogP contribution in [0.4, 0.5) is 14.5 Å². The first kappa shape index (κ1) is 12.5. The highest BCUT2D eigenvalue weighted by Crippen LogP contribution is 2.37. The average Bonchev–Trinajstić information content (AvgIpc) is 2.83. The van der Waals surface area contributed by atoms with Crippen molar-refractivity contribution in [2.45, 2.75) is 0 Å². The van der Waals surface area contributed by atoms with Crippen molar-refractivity contribution in [3.05, 3.63) is 52.3 Å². The summed E-state index contributed by atoms with van der Waals surface area (Å²) in [4.78, 5) is 17.9. The zero-order valence-corrected chi connectivity index (χ0v) is 10.5. The van der Waals surface area contributed by atoms with Gasteiger partial charge in [-0.25, -0.2) is 13.8 Å². The highest BCUT2D eigenvalue weighted by molar-refractivity contribution is 7.21. The Kier molecular flexibility index (Phi) is 2.87. The number of hydrogen-bond donors (Lipinski definition) is 0. The van der Waals surface area contributed by atoms with Crippen LogP contribution in [0.5, 0.6) is 0 Å². The normalized spacial score (nSPS) is 10.9. The third kappa shape index (κ3) is 1.90. The first-order valence-corrected chi connectivity index (χ1v) is 6.23. The molecule has 3 rings (SSSR count). The molecule has 0 bridgehead atoms. The van der Waals surface area contributed by atoms with E-state index in [9.17, 15) is 18.9 Å². The number of nitrogens with zero attached hydrogens (tertiary/aromatic N) is 3. The number of benzene rings is 1. The van der Waals surface area contributed by atoms with Crippen molar-refractivity contribution in [2.24, 2.45) is 0 Å². The summed E-state index contributed by atoms with van der Waals surface area (Å²) in [5.74, 6) is -1.42. The zero-order chi connectivity index (χ0) is 14.3. The van der Waals surface area contributed by atoms with E-state index in [1.807, 2.05) is 0 Å². The maximum absolute atomic E-state index is 13.9. The molecule has 0 saturated carbocycles. The molecule has 20 heavy (non-hydrogen) atoms. The van der Waals surface area contributed by atoms with Gasteiger partial charge in [0.25, 0.3) is 5.69 Å². The molecule has 3 aromatic rings. The van der Waals surface area contributed by atoms with E-state index in [-0.39, 0.29) is 16.1 Å². The monoisotopic (exact) mass is 293 g/mol. The second-order valence-electron chi connectivity index (χ2n) is 3.88. The van der Waals surface area contributed by atoms with E-state index in [0.29, 0.717) is 4.70 Å². The zero-order valence-electron chi connectivity index (χ0n) is 9.71. The standard InChI is InChI=1S/C12H5F2N3O2S/c13-6-2-1-3-8(17(18)19)10(6)12-16-11-7(14)4-15-5-9(11)20-12/h1-5H. The lowest BCUT2D eigenvalue weighted by Crippen LogP contribution is -1.94. The smallest absolute Gasteiger partial charge is 0.260 e. The molecule has 1 aromatic carbocycles. The van der Waals surface area contributed by atoms with Crippen LogP contribution < -0.4 is 0 Å². The molecule has 0 spiro atoms. The SMILES string of the molecule is O=[N+]([O-])c1cccc(F)c1-c1nc2c(F)cncc2s1. The number of pyridine rings is 1. The van der Waals surface area contributed by atoms with E-state index in [2.05, 4.69) is 9.97 Å². The Hall–Kier alpha value is -2.48. The van der Waals surface area contributed by atoms with Crippen LogP contribution in [0, 0.1) is 21.7 Å². The molecule has 0 N–H and O–H groups in total. The van der Waals surface area contributed by atoms with Gasteiger partial charge in [0.15, 0.2) is 5.82 Å². The number of rotatable bonds is 2. The van der Waals surface area contributed by atoms with Crippen molar-refractivity contribution < 1.29 is 13.7 Å². The molecule has 0 aliphatic heterocycles. The van der Waals surface area contributed by atoms with Gasteiger partial charge in [-0.3, -0.25) is 15.1 Å². The summed E-state index contributed by atoms with van der Waals surface area (Å²) in [6.07, 6.45) is 2.37. The lowest BCUT2D eigenvalue weighted by atomic mass is 10.2. The fourth-order valence-corrected chi connectivity index (χ4v) is 2.81. The summed E-state index contributed by atoms with van der Waals surface area (Å²) in [7, 11) is 0. The van der Waals surface area contributed by atoms with Crippen LogP contribution >= 0.6 is 11.3 Å². The summed E-state index contributed by atoms with van der Waals surface area (Å²) >= 11 is 0.952. The molecule has 5 nitrogen and oxygen atoms in total. The minimum Gasteiger partial charge on any atom is -0.260 e. The Balaban J connectivity index is 2.31. The second kappa shape index (κ2) is 4.57. The van der Waals surface area contributed by atoms with Gasteiger partial charge in [0, 0.05) is 12.3 Å². The Labute approximate surface area is 114 Å². The van der Waals surface area contributed by atoms with E-state index >= 15 is 0 Å². The second-order valence-corrected chi connectivity index (χ2v) is 4.91.